The molecule has 0 aromatic carbocycles. The first-order valence-electron chi connectivity index (χ1n) is 7.20. The van der Waals surface area contributed by atoms with Gasteiger partial charge < -0.3 is 14.0 Å². The SMILES string of the molecule is CC1(C)OB(C(F)=Cc2ccc(OCC(F)F)nc2)OC1(C)C. The van der Waals surface area contributed by atoms with E-state index in [0.717, 1.165) is 0 Å². The van der Waals surface area contributed by atoms with E-state index in [1.165, 1.54) is 24.4 Å². The molecule has 0 atom stereocenters. The molecule has 0 radical (unpaired) electrons. The first-order valence-corrected chi connectivity index (χ1v) is 7.20. The molecule has 0 saturated carbocycles. The Kier molecular flexibility index (Phi) is 5.06. The Balaban J connectivity index is 2.04. The van der Waals surface area contributed by atoms with Crippen LogP contribution in [0, 0.1) is 0 Å². The first kappa shape index (κ1) is 17.8. The third kappa shape index (κ3) is 4.26. The lowest BCUT2D eigenvalue weighted by Crippen LogP contribution is -2.41. The number of hydrogen-bond donors (Lipinski definition) is 0. The molecule has 1 aliphatic heterocycles. The molecule has 8 heteroatoms. The molecular formula is C15H19BF3NO3. The van der Waals surface area contributed by atoms with Gasteiger partial charge in [-0.05, 0) is 45.4 Å². The van der Waals surface area contributed by atoms with Gasteiger partial charge in [-0.1, -0.05) is 0 Å². The molecule has 0 unspecified atom stereocenters. The van der Waals surface area contributed by atoms with Crippen LogP contribution in [0.1, 0.15) is 33.3 Å². The Bertz CT molecular complexity index is 560. The summed E-state index contributed by atoms with van der Waals surface area (Å²) in [6.45, 7) is 6.59. The number of rotatable bonds is 5. The van der Waals surface area contributed by atoms with Crippen molar-refractivity contribution in [2.45, 2.75) is 45.3 Å². The molecule has 0 amide bonds. The Labute approximate surface area is 133 Å². The topological polar surface area (TPSA) is 40.6 Å². The zero-order valence-electron chi connectivity index (χ0n) is 13.5. The number of aromatic nitrogens is 1. The van der Waals surface area contributed by atoms with Gasteiger partial charge in [0.2, 0.25) is 5.88 Å². The van der Waals surface area contributed by atoms with Gasteiger partial charge >= 0.3 is 7.12 Å². The van der Waals surface area contributed by atoms with Crippen LogP contribution in [0.15, 0.2) is 24.1 Å². The van der Waals surface area contributed by atoms with E-state index >= 15 is 0 Å². The van der Waals surface area contributed by atoms with Gasteiger partial charge in [-0.3, -0.25) is 0 Å². The van der Waals surface area contributed by atoms with Gasteiger partial charge in [-0.2, -0.15) is 0 Å². The second-order valence-electron chi connectivity index (χ2n) is 6.25. The van der Waals surface area contributed by atoms with Gasteiger partial charge in [0.25, 0.3) is 6.43 Å². The summed E-state index contributed by atoms with van der Waals surface area (Å²) in [5.74, 6) is 0.0542. The van der Waals surface area contributed by atoms with Crippen LogP contribution in [0.2, 0.25) is 0 Å². The third-order valence-electron chi connectivity index (χ3n) is 3.90. The molecule has 2 rings (SSSR count). The molecule has 0 spiro atoms. The molecule has 126 valence electrons. The fourth-order valence-corrected chi connectivity index (χ4v) is 1.89. The van der Waals surface area contributed by atoms with Gasteiger partial charge in [0.1, 0.15) is 5.73 Å². The minimum absolute atomic E-state index is 0.0542. The average Bonchev–Trinajstić information content (AvgIpc) is 2.67. The molecule has 23 heavy (non-hydrogen) atoms. The molecule has 2 heterocycles. The molecule has 1 aromatic heterocycles. The van der Waals surface area contributed by atoms with E-state index in [1.54, 1.807) is 0 Å². The highest BCUT2D eigenvalue weighted by atomic mass is 19.3. The number of halogens is 3. The van der Waals surface area contributed by atoms with E-state index in [0.29, 0.717) is 5.56 Å². The minimum atomic E-state index is -2.57. The predicted octanol–water partition coefficient (Wildman–Crippen LogP) is 3.67. The van der Waals surface area contributed by atoms with Gasteiger partial charge in [0.15, 0.2) is 6.61 Å². The fourth-order valence-electron chi connectivity index (χ4n) is 1.89. The Morgan fingerprint density at radius 2 is 1.87 bits per heavy atom. The van der Waals surface area contributed by atoms with Crippen LogP contribution < -0.4 is 4.74 Å². The number of ether oxygens (including phenoxy) is 1. The number of pyridine rings is 1. The lowest BCUT2D eigenvalue weighted by atomic mass is 9.87. The Morgan fingerprint density at radius 3 is 2.35 bits per heavy atom. The van der Waals surface area contributed by atoms with Gasteiger partial charge in [0.05, 0.1) is 11.2 Å². The van der Waals surface area contributed by atoms with Crippen LogP contribution in [0.3, 0.4) is 0 Å². The monoisotopic (exact) mass is 329 g/mol. The second-order valence-corrected chi connectivity index (χ2v) is 6.25. The van der Waals surface area contributed by atoms with Crippen LogP contribution in [0.5, 0.6) is 5.88 Å². The normalized spacial score (nSPS) is 20.2. The summed E-state index contributed by atoms with van der Waals surface area (Å²) in [5, 5.41) is 0. The number of alkyl halides is 2. The molecule has 1 saturated heterocycles. The van der Waals surface area contributed by atoms with E-state index in [1.807, 2.05) is 27.7 Å². The van der Waals surface area contributed by atoms with Crippen molar-refractivity contribution in [2.75, 3.05) is 6.61 Å². The van der Waals surface area contributed by atoms with E-state index in [4.69, 9.17) is 14.0 Å². The summed E-state index contributed by atoms with van der Waals surface area (Å²) in [6.07, 6.45) is -0.0188. The maximum absolute atomic E-state index is 14.3. The minimum Gasteiger partial charge on any atom is -0.472 e. The molecular weight excluding hydrogens is 310 g/mol. The van der Waals surface area contributed by atoms with Crippen molar-refractivity contribution < 1.29 is 27.2 Å². The van der Waals surface area contributed by atoms with Crippen molar-refractivity contribution in [1.29, 1.82) is 0 Å². The molecule has 0 N–H and O–H groups in total. The zero-order chi connectivity index (χ0) is 17.3. The molecule has 4 nitrogen and oxygen atoms in total. The van der Waals surface area contributed by atoms with E-state index in [2.05, 4.69) is 4.98 Å². The molecule has 0 bridgehead atoms. The lowest BCUT2D eigenvalue weighted by molar-refractivity contribution is 0.00578. The van der Waals surface area contributed by atoms with E-state index < -0.39 is 37.1 Å². The summed E-state index contributed by atoms with van der Waals surface area (Å²) in [6, 6.07) is 2.91. The van der Waals surface area contributed by atoms with Crippen LogP contribution in [-0.2, 0) is 9.31 Å². The zero-order valence-corrected chi connectivity index (χ0v) is 13.5. The van der Waals surface area contributed by atoms with E-state index in [-0.39, 0.29) is 5.88 Å². The highest BCUT2D eigenvalue weighted by Crippen LogP contribution is 2.39. The van der Waals surface area contributed by atoms with Crippen LogP contribution in [0.25, 0.3) is 6.08 Å². The summed E-state index contributed by atoms with van der Waals surface area (Å²) in [4.78, 5) is 3.84. The smallest absolute Gasteiger partial charge is 0.472 e. The van der Waals surface area contributed by atoms with Crippen molar-refractivity contribution >= 4 is 13.2 Å². The van der Waals surface area contributed by atoms with Crippen molar-refractivity contribution in [3.05, 3.63) is 29.6 Å². The van der Waals surface area contributed by atoms with Crippen molar-refractivity contribution in [3.63, 3.8) is 0 Å². The van der Waals surface area contributed by atoms with Crippen molar-refractivity contribution in [3.8, 4) is 5.88 Å². The van der Waals surface area contributed by atoms with Crippen LogP contribution in [-0.4, -0.2) is 36.3 Å². The summed E-state index contributed by atoms with van der Waals surface area (Å²) < 4.78 is 54.3. The Hall–Kier alpha value is -1.54. The molecule has 1 aromatic rings. The fraction of sp³-hybridized carbons (Fsp3) is 0.533. The van der Waals surface area contributed by atoms with E-state index in [9.17, 15) is 13.2 Å². The predicted molar refractivity (Wildman–Crippen MR) is 80.9 cm³/mol. The summed E-state index contributed by atoms with van der Waals surface area (Å²) in [5.41, 5.74) is -1.41. The largest absolute Gasteiger partial charge is 0.525 e. The number of hydrogen-bond acceptors (Lipinski definition) is 4. The summed E-state index contributed by atoms with van der Waals surface area (Å²) >= 11 is 0. The van der Waals surface area contributed by atoms with Crippen molar-refractivity contribution in [1.82, 2.24) is 4.98 Å². The maximum Gasteiger partial charge on any atom is 0.525 e. The highest BCUT2D eigenvalue weighted by Gasteiger charge is 2.53. The molecule has 1 fully saturated rings. The van der Waals surface area contributed by atoms with Crippen LogP contribution >= 0.6 is 0 Å². The Morgan fingerprint density at radius 1 is 1.26 bits per heavy atom. The highest BCUT2D eigenvalue weighted by molar-refractivity contribution is 6.54. The van der Waals surface area contributed by atoms with Gasteiger partial charge in [-0.15, -0.1) is 0 Å². The average molecular weight is 329 g/mol. The quantitative estimate of drug-likeness (QED) is 0.773. The van der Waals surface area contributed by atoms with Crippen LogP contribution in [0.4, 0.5) is 13.2 Å². The lowest BCUT2D eigenvalue weighted by Gasteiger charge is -2.32. The van der Waals surface area contributed by atoms with Crippen molar-refractivity contribution in [2.24, 2.45) is 0 Å². The number of nitrogens with zero attached hydrogens (tertiary/aromatic N) is 1. The first-order chi connectivity index (χ1) is 10.6. The maximum atomic E-state index is 14.3. The standard InChI is InChI=1S/C15H19BF3NO3/c1-14(2)15(3,4)23-16(22-14)11(17)7-10-5-6-13(20-8-10)21-9-12(18)19/h5-8,12H,9H2,1-4H3. The van der Waals surface area contributed by atoms with Gasteiger partial charge in [0, 0.05) is 12.3 Å². The summed E-state index contributed by atoms with van der Waals surface area (Å²) in [7, 11) is -1.09. The second kappa shape index (κ2) is 6.53. The third-order valence-corrected chi connectivity index (χ3v) is 3.90. The molecule has 1 aliphatic rings. The molecule has 0 aliphatic carbocycles. The van der Waals surface area contributed by atoms with Gasteiger partial charge in [-0.25, -0.2) is 18.2 Å².